The third-order valence-electron chi connectivity index (χ3n) is 4.95. The summed E-state index contributed by atoms with van der Waals surface area (Å²) >= 11 is 0. The van der Waals surface area contributed by atoms with Gasteiger partial charge in [-0.25, -0.2) is 0 Å². The minimum absolute atomic E-state index is 0.0277. The van der Waals surface area contributed by atoms with Crippen LogP contribution in [0.5, 0.6) is 0 Å². The maximum atomic E-state index is 10.3. The fourth-order valence-corrected chi connectivity index (χ4v) is 5.85. The highest BCUT2D eigenvalue weighted by atomic mass is 28.4. The van der Waals surface area contributed by atoms with E-state index in [1.807, 2.05) is 20.8 Å². The van der Waals surface area contributed by atoms with Crippen molar-refractivity contribution in [2.45, 2.75) is 85.7 Å². The molecule has 0 fully saturated rings. The molecule has 0 saturated heterocycles. The predicted molar refractivity (Wildman–Crippen MR) is 99.3 cm³/mol. The summed E-state index contributed by atoms with van der Waals surface area (Å²) in [5, 5.41) is 10.3. The molecule has 0 heterocycles. The zero-order valence-corrected chi connectivity index (χ0v) is 16.9. The largest absolute Gasteiger partial charge is 0.414 e. The minimum atomic E-state index is -1.57. The van der Waals surface area contributed by atoms with Crippen LogP contribution in [0.1, 0.15) is 55.4 Å². The number of aliphatic hydroxyl groups is 1. The van der Waals surface area contributed by atoms with Crippen molar-refractivity contribution in [3.63, 3.8) is 0 Å². The van der Waals surface area contributed by atoms with Gasteiger partial charge in [-0.3, -0.25) is 0 Å². The van der Waals surface area contributed by atoms with Crippen LogP contribution in [0, 0.1) is 23.7 Å². The molecule has 0 aliphatic rings. The van der Waals surface area contributed by atoms with Gasteiger partial charge in [-0.15, -0.1) is 5.92 Å². The van der Waals surface area contributed by atoms with Crippen molar-refractivity contribution in [3.05, 3.63) is 11.6 Å². The molecule has 0 amide bonds. The highest BCUT2D eigenvalue weighted by Gasteiger charge is 2.32. The fraction of sp³-hybridized carbons (Fsp3) is 0.789. The molecule has 2 nitrogen and oxygen atoms in total. The molecular weight excluding hydrogens is 288 g/mol. The summed E-state index contributed by atoms with van der Waals surface area (Å²) in [5.41, 5.74) is 0.995. The van der Waals surface area contributed by atoms with Gasteiger partial charge >= 0.3 is 0 Å². The van der Waals surface area contributed by atoms with Gasteiger partial charge in [-0.2, -0.15) is 0 Å². The van der Waals surface area contributed by atoms with E-state index in [0.29, 0.717) is 5.92 Å². The maximum absolute atomic E-state index is 10.3. The Labute approximate surface area is 139 Å². The highest BCUT2D eigenvalue weighted by Crippen LogP contribution is 2.26. The van der Waals surface area contributed by atoms with E-state index < -0.39 is 14.4 Å². The number of hydrogen-bond acceptors (Lipinski definition) is 2. The zero-order valence-electron chi connectivity index (χ0n) is 15.9. The first-order chi connectivity index (χ1) is 10.3. The van der Waals surface area contributed by atoms with Crippen LogP contribution in [0.3, 0.4) is 0 Å². The molecule has 0 unspecified atom stereocenters. The van der Waals surface area contributed by atoms with Crippen molar-refractivity contribution in [3.8, 4) is 11.8 Å². The SMILES string of the molecule is CC#C[C@H](C)[C@@H](O)/C(C)=C/[C@H](C)[C@@H](C)O[Si](CC)(CC)CC. The summed E-state index contributed by atoms with van der Waals surface area (Å²) in [7, 11) is -1.57. The van der Waals surface area contributed by atoms with Crippen LogP contribution in [0.25, 0.3) is 0 Å². The summed E-state index contributed by atoms with van der Waals surface area (Å²) < 4.78 is 6.52. The van der Waals surface area contributed by atoms with Crippen LogP contribution in [0.4, 0.5) is 0 Å². The number of hydrogen-bond donors (Lipinski definition) is 1. The third-order valence-corrected chi connectivity index (χ3v) is 9.69. The smallest absolute Gasteiger partial charge is 0.192 e. The molecule has 1 N–H and O–H groups in total. The van der Waals surface area contributed by atoms with Gasteiger partial charge in [0.25, 0.3) is 0 Å². The second-order valence-electron chi connectivity index (χ2n) is 6.46. The first-order valence-corrected chi connectivity index (χ1v) is 11.3. The second-order valence-corrected chi connectivity index (χ2v) is 11.2. The lowest BCUT2D eigenvalue weighted by atomic mass is 9.94. The van der Waals surface area contributed by atoms with Crippen LogP contribution in [0.2, 0.25) is 18.1 Å². The predicted octanol–water partition coefficient (Wildman–Crippen LogP) is 5.00. The quantitative estimate of drug-likeness (QED) is 0.367. The fourth-order valence-electron chi connectivity index (χ4n) is 2.85. The summed E-state index contributed by atoms with van der Waals surface area (Å²) in [6, 6.07) is 3.52. The van der Waals surface area contributed by atoms with Crippen LogP contribution < -0.4 is 0 Å². The lowest BCUT2D eigenvalue weighted by Crippen LogP contribution is -2.40. The second kappa shape index (κ2) is 10.3. The summed E-state index contributed by atoms with van der Waals surface area (Å²) in [4.78, 5) is 0. The van der Waals surface area contributed by atoms with E-state index in [9.17, 15) is 5.11 Å². The van der Waals surface area contributed by atoms with E-state index >= 15 is 0 Å². The molecule has 0 saturated carbocycles. The number of rotatable bonds is 9. The highest BCUT2D eigenvalue weighted by molar-refractivity contribution is 6.73. The summed E-state index contributed by atoms with van der Waals surface area (Å²) in [6.07, 6.45) is 1.86. The minimum Gasteiger partial charge on any atom is -0.414 e. The molecule has 0 rings (SSSR count). The summed E-state index contributed by atoms with van der Waals surface area (Å²) in [6.45, 7) is 16.9. The Balaban J connectivity index is 4.90. The third kappa shape index (κ3) is 6.28. The molecular formula is C19H36O2Si. The molecule has 0 aromatic heterocycles. The average molecular weight is 325 g/mol. The van der Waals surface area contributed by atoms with Crippen molar-refractivity contribution in [2.75, 3.05) is 0 Å². The molecule has 0 bridgehead atoms. The van der Waals surface area contributed by atoms with Crippen molar-refractivity contribution in [1.82, 2.24) is 0 Å². The molecule has 128 valence electrons. The first kappa shape index (κ1) is 21.4. The van der Waals surface area contributed by atoms with E-state index in [4.69, 9.17) is 4.43 Å². The van der Waals surface area contributed by atoms with Crippen molar-refractivity contribution < 1.29 is 9.53 Å². The Hall–Kier alpha value is -0.563. The van der Waals surface area contributed by atoms with Crippen LogP contribution in [-0.2, 0) is 4.43 Å². The van der Waals surface area contributed by atoms with E-state index in [1.165, 1.54) is 18.1 Å². The molecule has 3 heteroatoms. The van der Waals surface area contributed by atoms with Crippen molar-refractivity contribution >= 4 is 8.32 Å². The van der Waals surface area contributed by atoms with Crippen LogP contribution in [0.15, 0.2) is 11.6 Å². The lowest BCUT2D eigenvalue weighted by Gasteiger charge is -2.34. The van der Waals surface area contributed by atoms with Gasteiger partial charge < -0.3 is 9.53 Å². The van der Waals surface area contributed by atoms with Gasteiger partial charge in [0.05, 0.1) is 6.10 Å². The summed E-state index contributed by atoms with van der Waals surface area (Å²) in [5.74, 6) is 6.18. The molecule has 0 spiro atoms. The molecule has 0 aliphatic heterocycles. The average Bonchev–Trinajstić information content (AvgIpc) is 2.51. The Kier molecular flexibility index (Phi) is 9.99. The van der Waals surface area contributed by atoms with Crippen molar-refractivity contribution in [1.29, 1.82) is 0 Å². The van der Waals surface area contributed by atoms with Gasteiger partial charge in [0.2, 0.25) is 0 Å². The Bertz CT molecular complexity index is 393. The number of aliphatic hydroxyl groups excluding tert-OH is 1. The monoisotopic (exact) mass is 324 g/mol. The van der Waals surface area contributed by atoms with E-state index in [2.05, 4.69) is 52.5 Å². The Morgan fingerprint density at radius 3 is 2.05 bits per heavy atom. The molecule has 0 aromatic carbocycles. The van der Waals surface area contributed by atoms with E-state index in [0.717, 1.165) is 5.57 Å². The molecule has 0 aliphatic carbocycles. The molecule has 0 radical (unpaired) electrons. The van der Waals surface area contributed by atoms with Gasteiger partial charge in [-0.1, -0.05) is 39.7 Å². The molecule has 22 heavy (non-hydrogen) atoms. The topological polar surface area (TPSA) is 29.5 Å². The van der Waals surface area contributed by atoms with Crippen LogP contribution in [-0.4, -0.2) is 25.6 Å². The van der Waals surface area contributed by atoms with Crippen molar-refractivity contribution in [2.24, 2.45) is 11.8 Å². The van der Waals surface area contributed by atoms with Gasteiger partial charge in [-0.05, 0) is 57.3 Å². The Morgan fingerprint density at radius 2 is 1.64 bits per heavy atom. The normalized spacial score (nSPS) is 18.1. The van der Waals surface area contributed by atoms with Gasteiger partial charge in [0.15, 0.2) is 8.32 Å². The molecule has 4 atom stereocenters. The van der Waals surface area contributed by atoms with E-state index in [1.54, 1.807) is 0 Å². The van der Waals surface area contributed by atoms with Crippen LogP contribution >= 0.6 is 0 Å². The maximum Gasteiger partial charge on any atom is 0.192 e. The first-order valence-electron chi connectivity index (χ1n) is 8.73. The Morgan fingerprint density at radius 1 is 1.14 bits per heavy atom. The standard InChI is InChI=1S/C19H36O2Si/c1-9-13-15(5)19(20)17(7)14-16(6)18(8)21-22(10-2,11-3)12-4/h14-16,18-20H,10-12H2,1-8H3/b17-14+/t15-,16-,18+,19+/m0/s1. The van der Waals surface area contributed by atoms with Gasteiger partial charge in [0.1, 0.15) is 0 Å². The van der Waals surface area contributed by atoms with Gasteiger partial charge in [0, 0.05) is 12.0 Å². The van der Waals surface area contributed by atoms with E-state index in [-0.39, 0.29) is 12.0 Å². The molecule has 0 aromatic rings. The zero-order chi connectivity index (χ0) is 17.3. The lowest BCUT2D eigenvalue weighted by molar-refractivity contribution is 0.160.